The van der Waals surface area contributed by atoms with Gasteiger partial charge in [0, 0.05) is 24.1 Å². The standard InChI is InChI=1S/C12H15N5/c1-2-14-12-15-8-7-11(17-12)16-10-5-3-9(13)4-6-10/h3-8H,2,13H2,1H3,(H2,14,15,16,17). The summed E-state index contributed by atoms with van der Waals surface area (Å²) in [6.07, 6.45) is 1.71. The van der Waals surface area contributed by atoms with E-state index in [1.54, 1.807) is 6.20 Å². The molecule has 0 saturated carbocycles. The van der Waals surface area contributed by atoms with E-state index in [1.807, 2.05) is 37.3 Å². The number of nitrogens with two attached hydrogens (primary N) is 1. The van der Waals surface area contributed by atoms with Crippen LogP contribution >= 0.6 is 0 Å². The summed E-state index contributed by atoms with van der Waals surface area (Å²) in [7, 11) is 0. The van der Waals surface area contributed by atoms with E-state index in [0.29, 0.717) is 5.95 Å². The summed E-state index contributed by atoms with van der Waals surface area (Å²) in [5.74, 6) is 1.37. The van der Waals surface area contributed by atoms with Crippen LogP contribution in [0.1, 0.15) is 6.92 Å². The Hall–Kier alpha value is -2.30. The molecule has 2 rings (SSSR count). The van der Waals surface area contributed by atoms with Crippen LogP contribution in [0.4, 0.5) is 23.1 Å². The van der Waals surface area contributed by atoms with E-state index in [2.05, 4.69) is 20.6 Å². The molecule has 17 heavy (non-hydrogen) atoms. The molecule has 0 aliphatic rings. The van der Waals surface area contributed by atoms with Gasteiger partial charge in [0.25, 0.3) is 0 Å². The number of benzene rings is 1. The molecule has 1 aromatic heterocycles. The summed E-state index contributed by atoms with van der Waals surface area (Å²) in [5, 5.41) is 6.24. The van der Waals surface area contributed by atoms with E-state index in [0.717, 1.165) is 23.7 Å². The van der Waals surface area contributed by atoms with Crippen molar-refractivity contribution in [3.8, 4) is 0 Å². The summed E-state index contributed by atoms with van der Waals surface area (Å²) in [6, 6.07) is 9.31. The third kappa shape index (κ3) is 3.07. The van der Waals surface area contributed by atoms with Gasteiger partial charge in [0.1, 0.15) is 5.82 Å². The fraction of sp³-hybridized carbons (Fsp3) is 0.167. The van der Waals surface area contributed by atoms with Crippen molar-refractivity contribution in [2.75, 3.05) is 22.9 Å². The number of anilines is 4. The molecular weight excluding hydrogens is 214 g/mol. The first-order valence-corrected chi connectivity index (χ1v) is 5.47. The lowest BCUT2D eigenvalue weighted by Gasteiger charge is -2.07. The van der Waals surface area contributed by atoms with Crippen molar-refractivity contribution in [2.24, 2.45) is 0 Å². The lowest BCUT2D eigenvalue weighted by molar-refractivity contribution is 1.09. The molecule has 0 aliphatic carbocycles. The highest BCUT2D eigenvalue weighted by molar-refractivity contribution is 5.59. The second-order valence-corrected chi connectivity index (χ2v) is 3.54. The van der Waals surface area contributed by atoms with Crippen molar-refractivity contribution in [1.29, 1.82) is 0 Å². The molecule has 0 amide bonds. The smallest absolute Gasteiger partial charge is 0.224 e. The topological polar surface area (TPSA) is 75.9 Å². The fourth-order valence-electron chi connectivity index (χ4n) is 1.39. The third-order valence-electron chi connectivity index (χ3n) is 2.17. The maximum absolute atomic E-state index is 5.62. The molecular formula is C12H15N5. The quantitative estimate of drug-likeness (QED) is 0.701. The Balaban J connectivity index is 2.12. The van der Waals surface area contributed by atoms with Crippen molar-refractivity contribution < 1.29 is 0 Å². The molecule has 1 heterocycles. The lowest BCUT2D eigenvalue weighted by Crippen LogP contribution is -2.03. The summed E-state index contributed by atoms with van der Waals surface area (Å²) in [4.78, 5) is 8.42. The van der Waals surface area contributed by atoms with Crippen LogP contribution in [-0.2, 0) is 0 Å². The monoisotopic (exact) mass is 229 g/mol. The molecule has 0 saturated heterocycles. The average molecular weight is 229 g/mol. The second-order valence-electron chi connectivity index (χ2n) is 3.54. The molecule has 0 fully saturated rings. The minimum atomic E-state index is 0.618. The van der Waals surface area contributed by atoms with Crippen molar-refractivity contribution in [2.45, 2.75) is 6.92 Å². The van der Waals surface area contributed by atoms with Crippen LogP contribution in [0, 0.1) is 0 Å². The van der Waals surface area contributed by atoms with E-state index in [4.69, 9.17) is 5.73 Å². The van der Waals surface area contributed by atoms with E-state index < -0.39 is 0 Å². The Kier molecular flexibility index (Phi) is 3.40. The second kappa shape index (κ2) is 5.16. The zero-order valence-corrected chi connectivity index (χ0v) is 9.64. The van der Waals surface area contributed by atoms with Gasteiger partial charge in [-0.05, 0) is 37.3 Å². The molecule has 88 valence electrons. The van der Waals surface area contributed by atoms with Crippen molar-refractivity contribution in [3.05, 3.63) is 36.5 Å². The zero-order chi connectivity index (χ0) is 12.1. The maximum atomic E-state index is 5.62. The van der Waals surface area contributed by atoms with Crippen LogP contribution < -0.4 is 16.4 Å². The van der Waals surface area contributed by atoms with Crippen molar-refractivity contribution in [3.63, 3.8) is 0 Å². The molecule has 0 spiro atoms. The van der Waals surface area contributed by atoms with Crippen molar-refractivity contribution >= 4 is 23.1 Å². The van der Waals surface area contributed by atoms with Crippen LogP contribution in [0.3, 0.4) is 0 Å². The number of hydrogen-bond acceptors (Lipinski definition) is 5. The van der Waals surface area contributed by atoms with E-state index in [1.165, 1.54) is 0 Å². The number of nitrogen functional groups attached to an aromatic ring is 1. The summed E-state index contributed by atoms with van der Waals surface area (Å²) >= 11 is 0. The Labute approximate surface area is 100 Å². The van der Waals surface area contributed by atoms with Crippen molar-refractivity contribution in [1.82, 2.24) is 9.97 Å². The van der Waals surface area contributed by atoms with Crippen LogP contribution in [0.5, 0.6) is 0 Å². The number of rotatable bonds is 4. The zero-order valence-electron chi connectivity index (χ0n) is 9.64. The lowest BCUT2D eigenvalue weighted by atomic mass is 10.3. The third-order valence-corrected chi connectivity index (χ3v) is 2.17. The maximum Gasteiger partial charge on any atom is 0.224 e. The van der Waals surface area contributed by atoms with Gasteiger partial charge in [-0.1, -0.05) is 0 Å². The Morgan fingerprint density at radius 3 is 2.65 bits per heavy atom. The van der Waals surface area contributed by atoms with Gasteiger partial charge in [0.15, 0.2) is 0 Å². The molecule has 0 radical (unpaired) electrons. The highest BCUT2D eigenvalue weighted by atomic mass is 15.1. The molecule has 0 aliphatic heterocycles. The Morgan fingerprint density at radius 1 is 1.18 bits per heavy atom. The van der Waals surface area contributed by atoms with E-state index >= 15 is 0 Å². The predicted octanol–water partition coefficient (Wildman–Crippen LogP) is 2.23. The molecule has 2 aromatic rings. The molecule has 1 aromatic carbocycles. The minimum absolute atomic E-state index is 0.618. The highest BCUT2D eigenvalue weighted by Gasteiger charge is 1.98. The summed E-state index contributed by atoms with van der Waals surface area (Å²) < 4.78 is 0. The molecule has 0 unspecified atom stereocenters. The fourth-order valence-corrected chi connectivity index (χ4v) is 1.39. The molecule has 0 atom stereocenters. The van der Waals surface area contributed by atoms with Crippen LogP contribution in [0.25, 0.3) is 0 Å². The predicted molar refractivity (Wildman–Crippen MR) is 70.3 cm³/mol. The van der Waals surface area contributed by atoms with Gasteiger partial charge >= 0.3 is 0 Å². The molecule has 5 heteroatoms. The summed E-state index contributed by atoms with van der Waals surface area (Å²) in [6.45, 7) is 2.80. The largest absolute Gasteiger partial charge is 0.399 e. The van der Waals surface area contributed by atoms with Gasteiger partial charge in [-0.15, -0.1) is 0 Å². The van der Waals surface area contributed by atoms with Gasteiger partial charge in [-0.2, -0.15) is 4.98 Å². The van der Waals surface area contributed by atoms with Crippen LogP contribution in [0.15, 0.2) is 36.5 Å². The first-order chi connectivity index (χ1) is 8.28. The number of hydrogen-bond donors (Lipinski definition) is 3. The molecule has 4 N–H and O–H groups in total. The first-order valence-electron chi connectivity index (χ1n) is 5.47. The van der Waals surface area contributed by atoms with Gasteiger partial charge in [0.2, 0.25) is 5.95 Å². The van der Waals surface area contributed by atoms with E-state index in [-0.39, 0.29) is 0 Å². The van der Waals surface area contributed by atoms with Gasteiger partial charge < -0.3 is 16.4 Å². The Bertz CT molecular complexity index is 481. The van der Waals surface area contributed by atoms with Gasteiger partial charge in [-0.3, -0.25) is 0 Å². The van der Waals surface area contributed by atoms with Crippen LogP contribution in [0.2, 0.25) is 0 Å². The van der Waals surface area contributed by atoms with Gasteiger partial charge in [0.05, 0.1) is 0 Å². The van der Waals surface area contributed by atoms with Gasteiger partial charge in [-0.25, -0.2) is 4.98 Å². The average Bonchev–Trinajstić information content (AvgIpc) is 2.33. The molecule has 5 nitrogen and oxygen atoms in total. The van der Waals surface area contributed by atoms with Crippen LogP contribution in [-0.4, -0.2) is 16.5 Å². The summed E-state index contributed by atoms with van der Waals surface area (Å²) in [5.41, 5.74) is 7.31. The minimum Gasteiger partial charge on any atom is -0.399 e. The Morgan fingerprint density at radius 2 is 1.94 bits per heavy atom. The number of aromatic nitrogens is 2. The number of nitrogens with zero attached hydrogens (tertiary/aromatic N) is 2. The SMILES string of the molecule is CCNc1nccc(Nc2ccc(N)cc2)n1. The highest BCUT2D eigenvalue weighted by Crippen LogP contribution is 2.16. The number of nitrogens with one attached hydrogen (secondary N) is 2. The van der Waals surface area contributed by atoms with E-state index in [9.17, 15) is 0 Å². The first kappa shape index (κ1) is 11.2. The normalized spacial score (nSPS) is 9.94. The molecule has 0 bridgehead atoms.